The lowest BCUT2D eigenvalue weighted by Crippen LogP contribution is -2.15. The van der Waals surface area contributed by atoms with Crippen LogP contribution in [0.5, 0.6) is 0 Å². The van der Waals surface area contributed by atoms with Crippen LogP contribution >= 0.6 is 0 Å². The summed E-state index contributed by atoms with van der Waals surface area (Å²) in [4.78, 5) is 14.0. The average Bonchev–Trinajstić information content (AvgIpc) is 2.78. The van der Waals surface area contributed by atoms with E-state index in [-0.39, 0.29) is 16.3 Å². The van der Waals surface area contributed by atoms with Gasteiger partial charge in [-0.25, -0.2) is 17.6 Å². The molecule has 0 amide bonds. The van der Waals surface area contributed by atoms with E-state index in [0.29, 0.717) is 5.69 Å². The van der Waals surface area contributed by atoms with Gasteiger partial charge in [-0.15, -0.1) is 0 Å². The van der Waals surface area contributed by atoms with Crippen LogP contribution in [-0.4, -0.2) is 26.5 Å². The number of benzene rings is 1. The van der Waals surface area contributed by atoms with Gasteiger partial charge in [0, 0.05) is 5.69 Å². The van der Waals surface area contributed by atoms with Gasteiger partial charge >= 0.3 is 5.97 Å². The summed E-state index contributed by atoms with van der Waals surface area (Å²) in [5.41, 5.74) is 0.603. The summed E-state index contributed by atoms with van der Waals surface area (Å²) in [6.45, 7) is 1.66. The Labute approximate surface area is 121 Å². The summed E-state index contributed by atoms with van der Waals surface area (Å²) in [5, 5.41) is 0. The van der Waals surface area contributed by atoms with Crippen molar-refractivity contribution in [3.63, 3.8) is 0 Å². The highest BCUT2D eigenvalue weighted by molar-refractivity contribution is 7.92. The molecule has 2 aromatic rings. The fourth-order valence-electron chi connectivity index (χ4n) is 1.77. The number of sulfonamides is 1. The molecule has 0 bridgehead atoms. The number of rotatable bonds is 4. The molecule has 2 rings (SSSR count). The zero-order valence-electron chi connectivity index (χ0n) is 11.3. The number of anilines is 1. The summed E-state index contributed by atoms with van der Waals surface area (Å²) >= 11 is 0. The molecule has 0 aliphatic rings. The van der Waals surface area contributed by atoms with Gasteiger partial charge in [-0.3, -0.25) is 4.72 Å². The van der Waals surface area contributed by atoms with Gasteiger partial charge in [0.1, 0.15) is 11.5 Å². The number of esters is 1. The first-order valence-electron chi connectivity index (χ1n) is 5.90. The van der Waals surface area contributed by atoms with Crippen molar-refractivity contribution in [1.82, 2.24) is 4.98 Å². The molecule has 0 aliphatic heterocycles. The van der Waals surface area contributed by atoms with Gasteiger partial charge < -0.3 is 9.72 Å². The number of nitrogens with one attached hydrogen (secondary N) is 2. The van der Waals surface area contributed by atoms with E-state index in [0.717, 1.165) is 12.1 Å². The number of ether oxygens (including phenoxy) is 1. The molecule has 1 aromatic heterocycles. The lowest BCUT2D eigenvalue weighted by Gasteiger charge is -2.08. The number of carbonyl (C=O) groups excluding carboxylic acids is 1. The maximum Gasteiger partial charge on any atom is 0.356 e. The number of aromatic amines is 1. The Kier molecular flexibility index (Phi) is 3.99. The molecular formula is C13H13FN2O4S. The first-order valence-corrected chi connectivity index (χ1v) is 7.38. The Morgan fingerprint density at radius 1 is 1.33 bits per heavy atom. The van der Waals surface area contributed by atoms with Crippen molar-refractivity contribution in [2.24, 2.45) is 0 Å². The van der Waals surface area contributed by atoms with Crippen molar-refractivity contribution in [2.75, 3.05) is 11.8 Å². The minimum Gasteiger partial charge on any atom is -0.464 e. The van der Waals surface area contributed by atoms with Crippen molar-refractivity contribution in [2.45, 2.75) is 11.8 Å². The fraction of sp³-hybridized carbons (Fsp3) is 0.154. The predicted molar refractivity (Wildman–Crippen MR) is 74.1 cm³/mol. The molecule has 2 N–H and O–H groups in total. The standard InChI is InChI=1S/C13H13FN2O4S/c1-8-6-11(12(15-8)13(17)20-2)16-21(18,19)10-5-3-4-9(14)7-10/h3-7,15-16H,1-2H3. The number of H-pyrrole nitrogens is 1. The number of halogens is 1. The lowest BCUT2D eigenvalue weighted by molar-refractivity contribution is 0.0596. The van der Waals surface area contributed by atoms with Crippen molar-refractivity contribution in [3.05, 3.63) is 47.5 Å². The zero-order valence-corrected chi connectivity index (χ0v) is 12.1. The third-order valence-corrected chi connectivity index (χ3v) is 4.06. The number of aromatic nitrogens is 1. The van der Waals surface area contributed by atoms with E-state index >= 15 is 0 Å². The Balaban J connectivity index is 2.40. The van der Waals surface area contributed by atoms with E-state index in [2.05, 4.69) is 14.4 Å². The van der Waals surface area contributed by atoms with Gasteiger partial charge in [0.15, 0.2) is 0 Å². The molecule has 0 fully saturated rings. The van der Waals surface area contributed by atoms with E-state index in [9.17, 15) is 17.6 Å². The first kappa shape index (κ1) is 15.0. The molecule has 0 atom stereocenters. The van der Waals surface area contributed by atoms with Crippen molar-refractivity contribution in [3.8, 4) is 0 Å². The Morgan fingerprint density at radius 2 is 2.05 bits per heavy atom. The topological polar surface area (TPSA) is 88.3 Å². The lowest BCUT2D eigenvalue weighted by atomic mass is 10.3. The number of hydrogen-bond acceptors (Lipinski definition) is 4. The fourth-order valence-corrected chi connectivity index (χ4v) is 2.86. The van der Waals surface area contributed by atoms with Crippen LogP contribution in [0.4, 0.5) is 10.1 Å². The molecule has 0 saturated carbocycles. The van der Waals surface area contributed by atoms with Gasteiger partial charge in [-0.2, -0.15) is 0 Å². The number of methoxy groups -OCH3 is 1. The third-order valence-electron chi connectivity index (χ3n) is 2.69. The van der Waals surface area contributed by atoms with Crippen LogP contribution in [0.3, 0.4) is 0 Å². The zero-order chi connectivity index (χ0) is 15.6. The quantitative estimate of drug-likeness (QED) is 0.846. The van der Waals surface area contributed by atoms with Crippen molar-refractivity contribution in [1.29, 1.82) is 0 Å². The summed E-state index contributed by atoms with van der Waals surface area (Å²) in [6, 6.07) is 6.01. The molecule has 6 nitrogen and oxygen atoms in total. The Hall–Kier alpha value is -2.35. The summed E-state index contributed by atoms with van der Waals surface area (Å²) in [5.74, 6) is -1.38. The van der Waals surface area contributed by atoms with Crippen LogP contribution in [0, 0.1) is 12.7 Å². The van der Waals surface area contributed by atoms with Crippen LogP contribution in [0.25, 0.3) is 0 Å². The Morgan fingerprint density at radius 3 is 2.67 bits per heavy atom. The number of aryl methyl sites for hydroxylation is 1. The Bertz CT molecular complexity index is 783. The molecule has 8 heteroatoms. The number of hydrogen-bond donors (Lipinski definition) is 2. The molecular weight excluding hydrogens is 299 g/mol. The minimum absolute atomic E-state index is 0.0185. The van der Waals surface area contributed by atoms with Crippen LogP contribution in [-0.2, 0) is 14.8 Å². The maximum absolute atomic E-state index is 13.1. The van der Waals surface area contributed by atoms with E-state index < -0.39 is 21.8 Å². The van der Waals surface area contributed by atoms with E-state index in [1.54, 1.807) is 6.92 Å². The minimum atomic E-state index is -4.00. The van der Waals surface area contributed by atoms with Crippen molar-refractivity contribution >= 4 is 21.7 Å². The molecule has 0 saturated heterocycles. The second-order valence-electron chi connectivity index (χ2n) is 4.30. The van der Waals surface area contributed by atoms with Crippen molar-refractivity contribution < 1.29 is 22.3 Å². The first-order chi connectivity index (χ1) is 9.83. The molecule has 0 spiro atoms. The largest absolute Gasteiger partial charge is 0.464 e. The maximum atomic E-state index is 13.1. The van der Waals surface area contributed by atoms with Gasteiger partial charge in [-0.1, -0.05) is 6.07 Å². The number of carbonyl (C=O) groups is 1. The van der Waals surface area contributed by atoms with Crippen LogP contribution < -0.4 is 4.72 Å². The van der Waals surface area contributed by atoms with E-state index in [1.165, 1.54) is 25.3 Å². The molecule has 21 heavy (non-hydrogen) atoms. The van der Waals surface area contributed by atoms with Gasteiger partial charge in [0.25, 0.3) is 10.0 Å². The summed E-state index contributed by atoms with van der Waals surface area (Å²) in [6.07, 6.45) is 0. The second-order valence-corrected chi connectivity index (χ2v) is 5.98. The molecule has 0 unspecified atom stereocenters. The van der Waals surface area contributed by atoms with Gasteiger partial charge in [0.05, 0.1) is 17.7 Å². The highest BCUT2D eigenvalue weighted by Gasteiger charge is 2.21. The monoisotopic (exact) mass is 312 g/mol. The van der Waals surface area contributed by atoms with E-state index in [4.69, 9.17) is 0 Å². The van der Waals surface area contributed by atoms with Crippen LogP contribution in [0.2, 0.25) is 0 Å². The van der Waals surface area contributed by atoms with Gasteiger partial charge in [-0.05, 0) is 31.2 Å². The SMILES string of the molecule is COC(=O)c1[nH]c(C)cc1NS(=O)(=O)c1cccc(F)c1. The third kappa shape index (κ3) is 3.22. The second kappa shape index (κ2) is 5.57. The van der Waals surface area contributed by atoms with Crippen LogP contribution in [0.15, 0.2) is 35.2 Å². The molecule has 1 heterocycles. The molecule has 0 radical (unpaired) electrons. The molecule has 1 aromatic carbocycles. The average molecular weight is 312 g/mol. The summed E-state index contributed by atoms with van der Waals surface area (Å²) in [7, 11) is -2.82. The highest BCUT2D eigenvalue weighted by Crippen LogP contribution is 2.22. The van der Waals surface area contributed by atoms with Crippen LogP contribution in [0.1, 0.15) is 16.2 Å². The molecule has 112 valence electrons. The normalized spacial score (nSPS) is 11.2. The van der Waals surface area contributed by atoms with E-state index in [1.807, 2.05) is 0 Å². The molecule has 0 aliphatic carbocycles. The smallest absolute Gasteiger partial charge is 0.356 e. The predicted octanol–water partition coefficient (Wildman–Crippen LogP) is 2.05. The van der Waals surface area contributed by atoms with Gasteiger partial charge in [0.2, 0.25) is 0 Å². The highest BCUT2D eigenvalue weighted by atomic mass is 32.2. The summed E-state index contributed by atoms with van der Waals surface area (Å²) < 4.78 is 44.3.